The molecule has 1 heterocycles. The Hall–Kier alpha value is -2.80. The van der Waals surface area contributed by atoms with Crippen LogP contribution in [-0.4, -0.2) is 11.7 Å². The maximum atomic E-state index is 12.2. The first-order valence-electron chi connectivity index (χ1n) is 6.11. The van der Waals surface area contributed by atoms with E-state index in [1.165, 1.54) is 10.6 Å². The molecular weight excluding hydrogens is 252 g/mol. The van der Waals surface area contributed by atoms with E-state index >= 15 is 0 Å². The van der Waals surface area contributed by atoms with Crippen LogP contribution >= 0.6 is 0 Å². The smallest absolute Gasteiger partial charge is 0.269 e. The standard InChI is InChI=1S/C16H14N2O2/c1-3-10-18-14(9-8-12(11-17)16(18)19)13-6-4-5-7-15(13)20-2/h3-9H,1,10H2,2H3. The molecule has 0 aliphatic rings. The third kappa shape index (κ3) is 2.34. The summed E-state index contributed by atoms with van der Waals surface area (Å²) < 4.78 is 6.84. The monoisotopic (exact) mass is 266 g/mol. The van der Waals surface area contributed by atoms with Crippen LogP contribution in [-0.2, 0) is 6.54 Å². The summed E-state index contributed by atoms with van der Waals surface area (Å²) >= 11 is 0. The topological polar surface area (TPSA) is 55.0 Å². The Labute approximate surface area is 117 Å². The molecule has 20 heavy (non-hydrogen) atoms. The van der Waals surface area contributed by atoms with Crippen LogP contribution in [0, 0.1) is 11.3 Å². The summed E-state index contributed by atoms with van der Waals surface area (Å²) in [7, 11) is 1.58. The fourth-order valence-electron chi connectivity index (χ4n) is 2.07. The molecule has 0 radical (unpaired) electrons. The van der Waals surface area contributed by atoms with Crippen molar-refractivity contribution in [3.05, 3.63) is 65.0 Å². The second kappa shape index (κ2) is 5.89. The van der Waals surface area contributed by atoms with Crippen molar-refractivity contribution < 1.29 is 4.74 Å². The highest BCUT2D eigenvalue weighted by molar-refractivity contribution is 5.68. The van der Waals surface area contributed by atoms with Crippen molar-refractivity contribution in [1.29, 1.82) is 5.26 Å². The van der Waals surface area contributed by atoms with Crippen molar-refractivity contribution in [3.8, 4) is 23.1 Å². The largest absolute Gasteiger partial charge is 0.496 e. The molecule has 0 atom stereocenters. The Kier molecular flexibility index (Phi) is 4.02. The molecule has 0 N–H and O–H groups in total. The molecule has 4 nitrogen and oxygen atoms in total. The van der Waals surface area contributed by atoms with E-state index in [4.69, 9.17) is 10.00 Å². The Bertz CT molecular complexity index is 739. The van der Waals surface area contributed by atoms with Gasteiger partial charge < -0.3 is 9.30 Å². The number of hydrogen-bond donors (Lipinski definition) is 0. The summed E-state index contributed by atoms with van der Waals surface area (Å²) in [5, 5.41) is 8.96. The van der Waals surface area contributed by atoms with E-state index in [9.17, 15) is 4.79 Å². The molecule has 0 aliphatic heterocycles. The van der Waals surface area contributed by atoms with Crippen LogP contribution in [0.25, 0.3) is 11.3 Å². The van der Waals surface area contributed by atoms with Crippen molar-refractivity contribution in [2.24, 2.45) is 0 Å². The van der Waals surface area contributed by atoms with Crippen LogP contribution in [0.5, 0.6) is 5.75 Å². The number of nitrogens with zero attached hydrogens (tertiary/aromatic N) is 2. The van der Waals surface area contributed by atoms with Crippen molar-refractivity contribution >= 4 is 0 Å². The minimum absolute atomic E-state index is 0.116. The first-order chi connectivity index (χ1) is 9.72. The van der Waals surface area contributed by atoms with Crippen molar-refractivity contribution in [2.75, 3.05) is 7.11 Å². The van der Waals surface area contributed by atoms with Gasteiger partial charge in [0.15, 0.2) is 0 Å². The highest BCUT2D eigenvalue weighted by atomic mass is 16.5. The zero-order valence-electron chi connectivity index (χ0n) is 11.2. The van der Waals surface area contributed by atoms with Crippen molar-refractivity contribution in [3.63, 3.8) is 0 Å². The first kappa shape index (κ1) is 13.6. The van der Waals surface area contributed by atoms with Gasteiger partial charge in [-0.2, -0.15) is 5.26 Å². The van der Waals surface area contributed by atoms with Crippen LogP contribution in [0.15, 0.2) is 53.8 Å². The third-order valence-electron chi connectivity index (χ3n) is 2.99. The van der Waals surface area contributed by atoms with Gasteiger partial charge in [0, 0.05) is 12.1 Å². The van der Waals surface area contributed by atoms with E-state index in [1.807, 2.05) is 30.3 Å². The van der Waals surface area contributed by atoms with Gasteiger partial charge in [0.05, 0.1) is 12.8 Å². The van der Waals surface area contributed by atoms with E-state index in [1.54, 1.807) is 19.3 Å². The second-order valence-electron chi connectivity index (χ2n) is 4.15. The lowest BCUT2D eigenvalue weighted by atomic mass is 10.1. The van der Waals surface area contributed by atoms with E-state index in [-0.39, 0.29) is 11.1 Å². The normalized spacial score (nSPS) is 9.80. The number of ether oxygens (including phenoxy) is 1. The molecule has 0 spiro atoms. The SMILES string of the molecule is C=CCn1c(-c2ccccc2OC)ccc(C#N)c1=O. The Morgan fingerprint density at radius 1 is 1.35 bits per heavy atom. The number of methoxy groups -OCH3 is 1. The average molecular weight is 266 g/mol. The van der Waals surface area contributed by atoms with Gasteiger partial charge >= 0.3 is 0 Å². The van der Waals surface area contributed by atoms with Crippen LogP contribution in [0.4, 0.5) is 0 Å². The van der Waals surface area contributed by atoms with E-state index in [2.05, 4.69) is 6.58 Å². The number of aromatic nitrogens is 1. The molecule has 0 saturated carbocycles. The van der Waals surface area contributed by atoms with Crippen LogP contribution in [0.3, 0.4) is 0 Å². The number of rotatable bonds is 4. The molecule has 1 aromatic carbocycles. The van der Waals surface area contributed by atoms with Gasteiger partial charge in [-0.3, -0.25) is 4.79 Å². The van der Waals surface area contributed by atoms with E-state index in [0.29, 0.717) is 18.0 Å². The molecule has 2 aromatic rings. The predicted molar refractivity (Wildman–Crippen MR) is 77.6 cm³/mol. The summed E-state index contributed by atoms with van der Waals surface area (Å²) in [6.45, 7) is 3.99. The molecule has 0 amide bonds. The van der Waals surface area contributed by atoms with Gasteiger partial charge in [-0.1, -0.05) is 18.2 Å². The van der Waals surface area contributed by atoms with Crippen molar-refractivity contribution in [2.45, 2.75) is 6.54 Å². The summed E-state index contributed by atoms with van der Waals surface area (Å²) in [4.78, 5) is 12.2. The fraction of sp³-hybridized carbons (Fsp3) is 0.125. The minimum Gasteiger partial charge on any atom is -0.496 e. The number of hydrogen-bond acceptors (Lipinski definition) is 3. The highest BCUT2D eigenvalue weighted by Gasteiger charge is 2.12. The molecule has 0 saturated heterocycles. The number of para-hydroxylation sites is 1. The second-order valence-corrected chi connectivity index (χ2v) is 4.15. The van der Waals surface area contributed by atoms with Gasteiger partial charge in [-0.15, -0.1) is 6.58 Å². The average Bonchev–Trinajstić information content (AvgIpc) is 2.49. The molecule has 1 aromatic heterocycles. The maximum Gasteiger partial charge on any atom is 0.269 e. The first-order valence-corrected chi connectivity index (χ1v) is 6.11. The summed E-state index contributed by atoms with van der Waals surface area (Å²) in [5.41, 5.74) is 1.30. The lowest BCUT2D eigenvalue weighted by Crippen LogP contribution is -2.23. The highest BCUT2D eigenvalue weighted by Crippen LogP contribution is 2.28. The molecule has 0 unspecified atom stereocenters. The van der Waals surface area contributed by atoms with Gasteiger partial charge in [0.2, 0.25) is 0 Å². The van der Waals surface area contributed by atoms with Gasteiger partial charge in [-0.25, -0.2) is 0 Å². The van der Waals surface area contributed by atoms with Gasteiger partial charge in [-0.05, 0) is 24.3 Å². The zero-order chi connectivity index (χ0) is 14.5. The molecule has 2 rings (SSSR count). The number of nitriles is 1. The Morgan fingerprint density at radius 3 is 2.75 bits per heavy atom. The number of pyridine rings is 1. The van der Waals surface area contributed by atoms with Crippen LogP contribution in [0.2, 0.25) is 0 Å². The predicted octanol–water partition coefficient (Wildman–Crippen LogP) is 2.58. The third-order valence-corrected chi connectivity index (χ3v) is 2.99. The van der Waals surface area contributed by atoms with Crippen molar-refractivity contribution in [1.82, 2.24) is 4.57 Å². The Morgan fingerprint density at radius 2 is 2.10 bits per heavy atom. The van der Waals surface area contributed by atoms with Gasteiger partial charge in [0.25, 0.3) is 5.56 Å². The summed E-state index contributed by atoms with van der Waals surface area (Å²) in [6, 6.07) is 12.6. The summed E-state index contributed by atoms with van der Waals surface area (Å²) in [5.74, 6) is 0.675. The molecule has 0 bridgehead atoms. The molecule has 100 valence electrons. The minimum atomic E-state index is -0.323. The Balaban J connectivity index is 2.74. The lowest BCUT2D eigenvalue weighted by molar-refractivity contribution is 0.416. The zero-order valence-corrected chi connectivity index (χ0v) is 11.2. The quantitative estimate of drug-likeness (QED) is 0.799. The lowest BCUT2D eigenvalue weighted by Gasteiger charge is -2.14. The van der Waals surface area contributed by atoms with Crippen LogP contribution in [0.1, 0.15) is 5.56 Å². The number of benzene rings is 1. The van der Waals surface area contributed by atoms with E-state index in [0.717, 1.165) is 5.56 Å². The van der Waals surface area contributed by atoms with Gasteiger partial charge in [0.1, 0.15) is 17.4 Å². The maximum absolute atomic E-state index is 12.2. The number of allylic oxidation sites excluding steroid dienone is 1. The fourth-order valence-corrected chi connectivity index (χ4v) is 2.07. The molecule has 0 fully saturated rings. The van der Waals surface area contributed by atoms with Crippen LogP contribution < -0.4 is 10.3 Å². The summed E-state index contributed by atoms with van der Waals surface area (Å²) in [6.07, 6.45) is 1.63. The molecule has 0 aliphatic carbocycles. The molecule has 4 heteroatoms. The van der Waals surface area contributed by atoms with E-state index < -0.39 is 0 Å². The molecular formula is C16H14N2O2.